The molecular weight excluding hydrogens is 240 g/mol. The average Bonchev–Trinajstić information content (AvgIpc) is 2.28. The Bertz CT molecular complexity index is 543. The lowest BCUT2D eigenvalue weighted by Gasteiger charge is -2.14. The van der Waals surface area contributed by atoms with Gasteiger partial charge < -0.3 is 0 Å². The molecule has 2 rings (SSSR count). The van der Waals surface area contributed by atoms with E-state index in [2.05, 4.69) is 63.2 Å². The zero-order chi connectivity index (χ0) is 13.1. The van der Waals surface area contributed by atoms with Crippen LogP contribution in [0.1, 0.15) is 33.2 Å². The van der Waals surface area contributed by atoms with Crippen LogP contribution in [0.4, 0.5) is 0 Å². The maximum absolute atomic E-state index is 6.55. The second-order valence-electron chi connectivity index (χ2n) is 5.02. The summed E-state index contributed by atoms with van der Waals surface area (Å²) in [6.07, 6.45) is 0.882. The summed E-state index contributed by atoms with van der Waals surface area (Å²) in [5, 5.41) is 0.0485. The summed E-state index contributed by atoms with van der Waals surface area (Å²) in [6.45, 7) is 6.36. The van der Waals surface area contributed by atoms with Crippen LogP contribution in [-0.4, -0.2) is 0 Å². The monoisotopic (exact) mass is 258 g/mol. The van der Waals surface area contributed by atoms with Gasteiger partial charge in [0.15, 0.2) is 0 Å². The van der Waals surface area contributed by atoms with E-state index in [1.807, 2.05) is 0 Å². The minimum Gasteiger partial charge on any atom is -0.117 e. The first-order valence-electron chi connectivity index (χ1n) is 6.33. The molecule has 0 nitrogen and oxygen atoms in total. The predicted octanol–water partition coefficient (Wildman–Crippen LogP) is 5.13. The SMILES string of the molecule is Cc1cccc(CC(Cl)c2ccc(C)cc2C)c1. The van der Waals surface area contributed by atoms with Crippen LogP contribution in [0.15, 0.2) is 42.5 Å². The molecule has 0 heterocycles. The fourth-order valence-corrected chi connectivity index (χ4v) is 2.76. The summed E-state index contributed by atoms with van der Waals surface area (Å²) in [6, 6.07) is 15.0. The van der Waals surface area contributed by atoms with E-state index in [0.717, 1.165) is 6.42 Å². The summed E-state index contributed by atoms with van der Waals surface area (Å²) in [5.74, 6) is 0. The summed E-state index contributed by atoms with van der Waals surface area (Å²) >= 11 is 6.55. The zero-order valence-corrected chi connectivity index (χ0v) is 12.0. The van der Waals surface area contributed by atoms with Gasteiger partial charge in [0.05, 0.1) is 5.38 Å². The Hall–Kier alpha value is -1.27. The fraction of sp³-hybridized carbons (Fsp3) is 0.294. The molecular formula is C17H19Cl. The van der Waals surface area contributed by atoms with E-state index in [4.69, 9.17) is 11.6 Å². The second-order valence-corrected chi connectivity index (χ2v) is 5.55. The summed E-state index contributed by atoms with van der Waals surface area (Å²) in [5.41, 5.74) is 6.40. The Morgan fingerprint density at radius 2 is 1.67 bits per heavy atom. The lowest BCUT2D eigenvalue weighted by atomic mass is 9.98. The van der Waals surface area contributed by atoms with Crippen molar-refractivity contribution < 1.29 is 0 Å². The molecule has 0 fully saturated rings. The maximum atomic E-state index is 6.55. The number of alkyl halides is 1. The van der Waals surface area contributed by atoms with Crippen LogP contribution in [0.5, 0.6) is 0 Å². The third kappa shape index (κ3) is 3.14. The van der Waals surface area contributed by atoms with Crippen LogP contribution in [0.2, 0.25) is 0 Å². The molecule has 94 valence electrons. The molecule has 18 heavy (non-hydrogen) atoms. The van der Waals surface area contributed by atoms with Crippen molar-refractivity contribution in [3.63, 3.8) is 0 Å². The molecule has 0 N–H and O–H groups in total. The first kappa shape index (κ1) is 13.2. The van der Waals surface area contributed by atoms with Crippen molar-refractivity contribution in [3.05, 3.63) is 70.3 Å². The Labute approximate surface area is 115 Å². The normalized spacial score (nSPS) is 12.4. The lowest BCUT2D eigenvalue weighted by molar-refractivity contribution is 0.907. The highest BCUT2D eigenvalue weighted by Crippen LogP contribution is 2.28. The van der Waals surface area contributed by atoms with Crippen LogP contribution in [0, 0.1) is 20.8 Å². The highest BCUT2D eigenvalue weighted by atomic mass is 35.5. The number of hydrogen-bond donors (Lipinski definition) is 0. The van der Waals surface area contributed by atoms with Gasteiger partial charge >= 0.3 is 0 Å². The van der Waals surface area contributed by atoms with Crippen LogP contribution in [-0.2, 0) is 6.42 Å². The van der Waals surface area contributed by atoms with Crippen molar-refractivity contribution in [2.24, 2.45) is 0 Å². The van der Waals surface area contributed by atoms with E-state index in [0.29, 0.717) is 0 Å². The molecule has 0 bridgehead atoms. The topological polar surface area (TPSA) is 0 Å². The van der Waals surface area contributed by atoms with Crippen molar-refractivity contribution in [2.75, 3.05) is 0 Å². The van der Waals surface area contributed by atoms with E-state index in [-0.39, 0.29) is 5.38 Å². The van der Waals surface area contributed by atoms with Crippen molar-refractivity contribution in [2.45, 2.75) is 32.6 Å². The Kier molecular flexibility index (Phi) is 4.08. The third-order valence-corrected chi connectivity index (χ3v) is 3.65. The van der Waals surface area contributed by atoms with Gasteiger partial charge in [0.1, 0.15) is 0 Å². The number of halogens is 1. The van der Waals surface area contributed by atoms with E-state index >= 15 is 0 Å². The van der Waals surface area contributed by atoms with E-state index in [1.165, 1.54) is 27.8 Å². The van der Waals surface area contributed by atoms with Gasteiger partial charge in [0, 0.05) is 0 Å². The number of benzene rings is 2. The van der Waals surface area contributed by atoms with Gasteiger partial charge in [-0.25, -0.2) is 0 Å². The van der Waals surface area contributed by atoms with E-state index in [9.17, 15) is 0 Å². The summed E-state index contributed by atoms with van der Waals surface area (Å²) in [7, 11) is 0. The van der Waals surface area contributed by atoms with Crippen molar-refractivity contribution >= 4 is 11.6 Å². The quantitative estimate of drug-likeness (QED) is 0.669. The van der Waals surface area contributed by atoms with Crippen LogP contribution in [0.25, 0.3) is 0 Å². The van der Waals surface area contributed by atoms with Crippen molar-refractivity contribution in [1.29, 1.82) is 0 Å². The molecule has 0 saturated carbocycles. The molecule has 2 aromatic carbocycles. The fourth-order valence-electron chi connectivity index (χ4n) is 2.33. The summed E-state index contributed by atoms with van der Waals surface area (Å²) in [4.78, 5) is 0. The molecule has 1 atom stereocenters. The van der Waals surface area contributed by atoms with Crippen LogP contribution < -0.4 is 0 Å². The molecule has 0 aliphatic carbocycles. The van der Waals surface area contributed by atoms with Gasteiger partial charge in [-0.2, -0.15) is 0 Å². The van der Waals surface area contributed by atoms with Gasteiger partial charge in [-0.05, 0) is 43.9 Å². The Morgan fingerprint density at radius 3 is 2.33 bits per heavy atom. The average molecular weight is 259 g/mol. The summed E-state index contributed by atoms with van der Waals surface area (Å²) < 4.78 is 0. The smallest absolute Gasteiger partial charge is 0.0628 e. The minimum atomic E-state index is 0.0485. The van der Waals surface area contributed by atoms with Crippen LogP contribution in [0.3, 0.4) is 0 Å². The van der Waals surface area contributed by atoms with Crippen molar-refractivity contribution in [1.82, 2.24) is 0 Å². The highest BCUT2D eigenvalue weighted by Gasteiger charge is 2.11. The van der Waals surface area contributed by atoms with Crippen LogP contribution >= 0.6 is 11.6 Å². The highest BCUT2D eigenvalue weighted by molar-refractivity contribution is 6.21. The standard InChI is InChI=1S/C17H19Cl/c1-12-5-4-6-15(10-12)11-17(18)16-8-7-13(2)9-14(16)3/h4-10,17H,11H2,1-3H3. The molecule has 0 aliphatic heterocycles. The molecule has 0 spiro atoms. The zero-order valence-electron chi connectivity index (χ0n) is 11.2. The van der Waals surface area contributed by atoms with Gasteiger partial charge in [-0.1, -0.05) is 53.6 Å². The van der Waals surface area contributed by atoms with E-state index < -0.39 is 0 Å². The molecule has 1 unspecified atom stereocenters. The molecule has 0 amide bonds. The Morgan fingerprint density at radius 1 is 0.944 bits per heavy atom. The van der Waals surface area contributed by atoms with E-state index in [1.54, 1.807) is 0 Å². The molecule has 1 heteroatoms. The number of hydrogen-bond acceptors (Lipinski definition) is 0. The maximum Gasteiger partial charge on any atom is 0.0628 e. The minimum absolute atomic E-state index is 0.0485. The molecule has 0 saturated heterocycles. The number of rotatable bonds is 3. The molecule has 0 aliphatic rings. The van der Waals surface area contributed by atoms with Gasteiger partial charge in [-0.3, -0.25) is 0 Å². The first-order chi connectivity index (χ1) is 8.56. The van der Waals surface area contributed by atoms with Gasteiger partial charge in [0.2, 0.25) is 0 Å². The number of aryl methyl sites for hydroxylation is 3. The first-order valence-corrected chi connectivity index (χ1v) is 6.76. The van der Waals surface area contributed by atoms with Gasteiger partial charge in [0.25, 0.3) is 0 Å². The predicted molar refractivity (Wildman–Crippen MR) is 79.4 cm³/mol. The third-order valence-electron chi connectivity index (χ3n) is 3.26. The van der Waals surface area contributed by atoms with Crippen molar-refractivity contribution in [3.8, 4) is 0 Å². The second kappa shape index (κ2) is 5.58. The molecule has 0 aromatic heterocycles. The largest absolute Gasteiger partial charge is 0.117 e. The van der Waals surface area contributed by atoms with Gasteiger partial charge in [-0.15, -0.1) is 11.6 Å². The molecule has 2 aromatic rings. The molecule has 0 radical (unpaired) electrons. The Balaban J connectivity index is 2.19. The lowest BCUT2D eigenvalue weighted by Crippen LogP contribution is -1.99.